The lowest BCUT2D eigenvalue weighted by atomic mass is 10.1. The Balaban J connectivity index is 0.000000231. The van der Waals surface area contributed by atoms with Crippen LogP contribution in [-0.2, 0) is 14.3 Å². The maximum Gasteiger partial charge on any atom is 0.296 e. The highest BCUT2D eigenvalue weighted by molar-refractivity contribution is 7.95. The predicted molar refractivity (Wildman–Crippen MR) is 182 cm³/mol. The van der Waals surface area contributed by atoms with Crippen LogP contribution in [0.2, 0.25) is 0 Å². The number of hydrogen-bond donors (Lipinski definition) is 0. The second-order valence-corrected chi connectivity index (χ2v) is 16.0. The third-order valence-corrected chi connectivity index (χ3v) is 12.9. The van der Waals surface area contributed by atoms with Gasteiger partial charge >= 0.3 is 0 Å². The van der Waals surface area contributed by atoms with Gasteiger partial charge in [-0.15, -0.1) is 0 Å². The fourth-order valence-electron chi connectivity index (χ4n) is 5.04. The average Bonchev–Trinajstić information content (AvgIpc) is 3.05. The van der Waals surface area contributed by atoms with Crippen molar-refractivity contribution in [1.82, 2.24) is 0 Å². The molecule has 0 amide bonds. The van der Waals surface area contributed by atoms with Crippen LogP contribution in [0.15, 0.2) is 126 Å². The third-order valence-electron chi connectivity index (χ3n) is 7.59. The van der Waals surface area contributed by atoms with Gasteiger partial charge in [-0.2, -0.15) is 8.42 Å². The van der Waals surface area contributed by atoms with Crippen LogP contribution >= 0.6 is 7.26 Å². The highest BCUT2D eigenvalue weighted by atomic mass is 32.2. The van der Waals surface area contributed by atoms with Crippen LogP contribution < -0.4 is 15.9 Å². The predicted octanol–water partition coefficient (Wildman–Crippen LogP) is 8.92. The van der Waals surface area contributed by atoms with E-state index in [1.807, 2.05) is 0 Å². The number of rotatable bonds is 16. The molecule has 0 unspecified atom stereocenters. The largest absolute Gasteiger partial charge is 0.296 e. The van der Waals surface area contributed by atoms with Crippen LogP contribution in [0.25, 0.3) is 0 Å². The molecule has 0 radical (unpaired) electrons. The van der Waals surface area contributed by atoms with E-state index in [0.717, 1.165) is 12.8 Å². The van der Waals surface area contributed by atoms with E-state index in [4.69, 9.17) is 4.18 Å². The lowest BCUT2D eigenvalue weighted by Gasteiger charge is -2.22. The second-order valence-electron chi connectivity index (χ2n) is 10.8. The molecule has 3 nitrogen and oxygen atoms in total. The van der Waals surface area contributed by atoms with Gasteiger partial charge in [-0.05, 0) is 55.0 Å². The van der Waals surface area contributed by atoms with Gasteiger partial charge < -0.3 is 0 Å². The lowest BCUT2D eigenvalue weighted by Crippen LogP contribution is -2.30. The summed E-state index contributed by atoms with van der Waals surface area (Å²) in [6, 6.07) is 41.0. The molecular weight excluding hydrogens is 555 g/mol. The Morgan fingerprint density at radius 1 is 0.500 bits per heavy atom. The van der Waals surface area contributed by atoms with E-state index in [9.17, 15) is 8.42 Å². The van der Waals surface area contributed by atoms with Gasteiger partial charge in [0, 0.05) is 0 Å². The maximum absolute atomic E-state index is 11.9. The lowest BCUT2D eigenvalue weighted by molar-refractivity contribution is 0.306. The van der Waals surface area contributed by atoms with Crippen molar-refractivity contribution in [3.63, 3.8) is 0 Å². The van der Waals surface area contributed by atoms with Crippen LogP contribution in [0.1, 0.15) is 71.1 Å². The zero-order valence-electron chi connectivity index (χ0n) is 25.4. The highest BCUT2D eigenvalue weighted by Gasteiger charge is 2.39. The van der Waals surface area contributed by atoms with E-state index in [-0.39, 0.29) is 11.5 Å². The van der Waals surface area contributed by atoms with Gasteiger partial charge in [0.15, 0.2) is 0 Å². The molecule has 0 N–H and O–H groups in total. The Morgan fingerprint density at radius 3 is 1.21 bits per heavy atom. The summed E-state index contributed by atoms with van der Waals surface area (Å²) in [5.41, 5.74) is 0. The first-order chi connectivity index (χ1) is 20.5. The van der Waals surface area contributed by atoms with Gasteiger partial charge in [0.2, 0.25) is 0 Å². The van der Waals surface area contributed by atoms with Gasteiger partial charge in [-0.3, -0.25) is 4.18 Å². The topological polar surface area (TPSA) is 43.4 Å². The van der Waals surface area contributed by atoms with Crippen molar-refractivity contribution in [2.24, 2.45) is 0 Å². The Hall–Kier alpha value is -2.78. The molecule has 0 saturated carbocycles. The van der Waals surface area contributed by atoms with Crippen molar-refractivity contribution in [3.8, 4) is 0 Å². The SMILES string of the molecule is CCCCCCCCCCCCOS(=O)(=O)c1ccccc1.C[P+](c1ccccc1)(c1ccccc1)c1ccccc1. The summed E-state index contributed by atoms with van der Waals surface area (Å²) in [5, 5.41) is 4.28. The molecule has 0 spiro atoms. The molecule has 4 rings (SSSR count). The van der Waals surface area contributed by atoms with Gasteiger partial charge in [-0.1, -0.05) is 138 Å². The molecule has 224 valence electrons. The maximum atomic E-state index is 11.9. The van der Waals surface area contributed by atoms with Gasteiger partial charge in [0.25, 0.3) is 10.1 Å². The summed E-state index contributed by atoms with van der Waals surface area (Å²) in [7, 11) is -5.10. The Labute approximate surface area is 255 Å². The Bertz CT molecular complexity index is 1250. The Morgan fingerprint density at radius 2 is 0.833 bits per heavy atom. The monoisotopic (exact) mass is 603 g/mol. The first-order valence-electron chi connectivity index (χ1n) is 15.5. The fourth-order valence-corrected chi connectivity index (χ4v) is 9.20. The van der Waals surface area contributed by atoms with Crippen molar-refractivity contribution in [2.75, 3.05) is 13.3 Å². The molecule has 0 aromatic heterocycles. The van der Waals surface area contributed by atoms with E-state index in [1.54, 1.807) is 30.3 Å². The smallest absolute Gasteiger partial charge is 0.266 e. The zero-order chi connectivity index (χ0) is 29.9. The second kappa shape index (κ2) is 18.7. The molecule has 0 aliphatic carbocycles. The van der Waals surface area contributed by atoms with Crippen LogP contribution in [-0.4, -0.2) is 21.7 Å². The summed E-state index contributed by atoms with van der Waals surface area (Å²) in [4.78, 5) is 0.238. The minimum Gasteiger partial charge on any atom is -0.266 e. The van der Waals surface area contributed by atoms with Crippen LogP contribution in [0.4, 0.5) is 0 Å². The molecule has 0 aliphatic heterocycles. The molecule has 4 aromatic rings. The van der Waals surface area contributed by atoms with Gasteiger partial charge in [0.05, 0.1) is 18.2 Å². The quantitative estimate of drug-likeness (QED) is 0.0730. The molecule has 5 heteroatoms. The molecule has 42 heavy (non-hydrogen) atoms. The molecular formula is C37H48O3PS+. The molecule has 0 heterocycles. The summed E-state index contributed by atoms with van der Waals surface area (Å²) in [5.74, 6) is 0. The molecule has 4 aromatic carbocycles. The highest BCUT2D eigenvalue weighted by Crippen LogP contribution is 2.51. The molecule has 0 aliphatic rings. The van der Waals surface area contributed by atoms with E-state index >= 15 is 0 Å². The standard InChI is InChI=1S/C19H18P.C18H30O3S/c1-20(17-11-5-2-6-12-17,18-13-7-3-8-14-18)19-15-9-4-10-16-19;1-2-3-4-5-6-7-8-9-10-14-17-21-22(19,20)18-15-12-11-13-16-18/h2-16H,1H3;11-13,15-16H,2-10,14,17H2,1H3/q+1;. The van der Waals surface area contributed by atoms with E-state index in [2.05, 4.69) is 105 Å². The average molecular weight is 604 g/mol. The Kier molecular flexibility index (Phi) is 15.0. The summed E-state index contributed by atoms with van der Waals surface area (Å²) in [6.45, 7) is 4.93. The minimum atomic E-state index is -3.57. The zero-order valence-corrected chi connectivity index (χ0v) is 27.1. The van der Waals surface area contributed by atoms with E-state index in [1.165, 1.54) is 67.3 Å². The van der Waals surface area contributed by atoms with Gasteiger partial charge in [-0.25, -0.2) is 0 Å². The van der Waals surface area contributed by atoms with Crippen LogP contribution in [0.5, 0.6) is 0 Å². The van der Waals surface area contributed by atoms with Crippen molar-refractivity contribution >= 4 is 33.3 Å². The van der Waals surface area contributed by atoms with Crippen molar-refractivity contribution < 1.29 is 12.6 Å². The van der Waals surface area contributed by atoms with Crippen molar-refractivity contribution in [1.29, 1.82) is 0 Å². The normalized spacial score (nSPS) is 11.5. The number of unbranched alkanes of at least 4 members (excludes halogenated alkanes) is 9. The van der Waals surface area contributed by atoms with Gasteiger partial charge in [0.1, 0.15) is 23.2 Å². The van der Waals surface area contributed by atoms with E-state index in [0.29, 0.717) is 0 Å². The van der Waals surface area contributed by atoms with E-state index < -0.39 is 17.4 Å². The molecule has 0 saturated heterocycles. The van der Waals surface area contributed by atoms with Crippen molar-refractivity contribution in [3.05, 3.63) is 121 Å². The minimum absolute atomic E-state index is 0.238. The van der Waals surface area contributed by atoms with Crippen molar-refractivity contribution in [2.45, 2.75) is 76.0 Å². The first-order valence-corrected chi connectivity index (χ1v) is 19.1. The number of hydrogen-bond acceptors (Lipinski definition) is 3. The fraction of sp³-hybridized carbons (Fsp3) is 0.351. The summed E-state index contributed by atoms with van der Waals surface area (Å²) < 4.78 is 28.8. The summed E-state index contributed by atoms with van der Waals surface area (Å²) in [6.07, 6.45) is 12.3. The van der Waals surface area contributed by atoms with Crippen LogP contribution in [0.3, 0.4) is 0 Å². The molecule has 0 atom stereocenters. The third kappa shape index (κ3) is 10.8. The van der Waals surface area contributed by atoms with Crippen LogP contribution in [0, 0.1) is 0 Å². The molecule has 0 bridgehead atoms. The number of benzene rings is 4. The summed E-state index contributed by atoms with van der Waals surface area (Å²) >= 11 is 0. The first kappa shape index (κ1) is 33.7. The molecule has 0 fully saturated rings.